The second-order valence-electron chi connectivity index (χ2n) is 5.66. The Balaban J connectivity index is 3.17. The van der Waals surface area contributed by atoms with Crippen molar-refractivity contribution >= 4 is 8.56 Å². The summed E-state index contributed by atoms with van der Waals surface area (Å²) in [5.74, 6) is 0. The quantitative estimate of drug-likeness (QED) is 0.361. The van der Waals surface area contributed by atoms with Crippen molar-refractivity contribution in [2.24, 2.45) is 5.73 Å². The van der Waals surface area contributed by atoms with Crippen LogP contribution in [0.25, 0.3) is 0 Å². The second kappa shape index (κ2) is 14.0. The van der Waals surface area contributed by atoms with Crippen molar-refractivity contribution in [1.29, 1.82) is 0 Å². The van der Waals surface area contributed by atoms with Gasteiger partial charge in [-0.25, -0.2) is 0 Å². The molecule has 0 aliphatic carbocycles. The van der Waals surface area contributed by atoms with Gasteiger partial charge in [-0.3, -0.25) is 0 Å². The molecular weight excluding hydrogens is 268 g/mol. The Morgan fingerprint density at radius 2 is 1.30 bits per heavy atom. The molecule has 0 unspecified atom stereocenters. The van der Waals surface area contributed by atoms with Gasteiger partial charge < -0.3 is 19.9 Å². The van der Waals surface area contributed by atoms with Gasteiger partial charge in [0.25, 0.3) is 0 Å². The first-order valence-corrected chi connectivity index (χ1v) is 10.7. The zero-order valence-corrected chi connectivity index (χ0v) is 14.9. The molecule has 20 heavy (non-hydrogen) atoms. The van der Waals surface area contributed by atoms with Crippen LogP contribution in [0.3, 0.4) is 0 Å². The Hall–Kier alpha value is 0.0569. The molecule has 0 aromatic heterocycles. The lowest BCUT2D eigenvalue weighted by molar-refractivity contribution is 0.248. The van der Waals surface area contributed by atoms with E-state index in [9.17, 15) is 0 Å². The van der Waals surface area contributed by atoms with Crippen LogP contribution in [0.15, 0.2) is 0 Å². The molecule has 0 aliphatic heterocycles. The SMILES string of the molecule is CO[Si](C)(CCCCCCCCCCNCCN)OC. The molecule has 122 valence electrons. The molecule has 0 radical (unpaired) electrons. The zero-order chi connectivity index (χ0) is 15.1. The Labute approximate surface area is 127 Å². The minimum absolute atomic E-state index is 0.744. The minimum atomic E-state index is -1.81. The monoisotopic (exact) mass is 304 g/mol. The number of unbranched alkanes of at least 4 members (excludes halogenated alkanes) is 7. The lowest BCUT2D eigenvalue weighted by atomic mass is 10.1. The molecule has 0 fully saturated rings. The molecule has 5 heteroatoms. The van der Waals surface area contributed by atoms with Crippen LogP contribution in [0, 0.1) is 0 Å². The van der Waals surface area contributed by atoms with Gasteiger partial charge in [0.15, 0.2) is 0 Å². The third-order valence-electron chi connectivity index (χ3n) is 3.92. The van der Waals surface area contributed by atoms with E-state index in [-0.39, 0.29) is 0 Å². The highest BCUT2D eigenvalue weighted by Crippen LogP contribution is 2.17. The average molecular weight is 305 g/mol. The summed E-state index contributed by atoms with van der Waals surface area (Å²) >= 11 is 0. The summed E-state index contributed by atoms with van der Waals surface area (Å²) in [6.45, 7) is 4.96. The zero-order valence-electron chi connectivity index (χ0n) is 13.9. The fourth-order valence-corrected chi connectivity index (χ4v) is 3.74. The maximum atomic E-state index is 5.49. The van der Waals surface area contributed by atoms with E-state index in [0.717, 1.165) is 25.7 Å². The number of hydrogen-bond acceptors (Lipinski definition) is 4. The highest BCUT2D eigenvalue weighted by atomic mass is 28.4. The molecule has 0 atom stereocenters. The van der Waals surface area contributed by atoms with Crippen molar-refractivity contribution in [3.05, 3.63) is 0 Å². The van der Waals surface area contributed by atoms with E-state index in [1.165, 1.54) is 51.4 Å². The number of hydrogen-bond donors (Lipinski definition) is 2. The second-order valence-corrected chi connectivity index (χ2v) is 9.24. The first kappa shape index (κ1) is 20.1. The van der Waals surface area contributed by atoms with Crippen molar-refractivity contribution in [2.75, 3.05) is 33.9 Å². The van der Waals surface area contributed by atoms with Gasteiger partial charge in [0.2, 0.25) is 0 Å². The molecule has 0 bridgehead atoms. The predicted octanol–water partition coefficient (Wildman–Crippen LogP) is 3.02. The summed E-state index contributed by atoms with van der Waals surface area (Å²) in [7, 11) is 1.74. The van der Waals surface area contributed by atoms with Gasteiger partial charge in [-0.1, -0.05) is 44.9 Å². The van der Waals surface area contributed by atoms with Crippen molar-refractivity contribution in [3.63, 3.8) is 0 Å². The molecule has 0 aliphatic rings. The standard InChI is InChI=1S/C15H36N2O2Si/c1-18-20(3,19-2)15-11-9-7-5-4-6-8-10-13-17-14-12-16/h17H,4-16H2,1-3H3. The number of rotatable bonds is 15. The van der Waals surface area contributed by atoms with Crippen LogP contribution in [0.1, 0.15) is 51.4 Å². The first-order chi connectivity index (χ1) is 9.68. The number of nitrogens with one attached hydrogen (secondary N) is 1. The Morgan fingerprint density at radius 1 is 0.800 bits per heavy atom. The fraction of sp³-hybridized carbons (Fsp3) is 1.00. The fourth-order valence-electron chi connectivity index (χ4n) is 2.27. The molecule has 0 aromatic carbocycles. The molecular formula is C15H36N2O2Si. The predicted molar refractivity (Wildman–Crippen MR) is 89.3 cm³/mol. The van der Waals surface area contributed by atoms with Crippen LogP contribution in [-0.4, -0.2) is 42.4 Å². The summed E-state index contributed by atoms with van der Waals surface area (Å²) in [6, 6.07) is 1.12. The Kier molecular flexibility index (Phi) is 14.1. The summed E-state index contributed by atoms with van der Waals surface area (Å²) < 4.78 is 11.0. The van der Waals surface area contributed by atoms with E-state index in [0.29, 0.717) is 0 Å². The van der Waals surface area contributed by atoms with Crippen molar-refractivity contribution in [3.8, 4) is 0 Å². The van der Waals surface area contributed by atoms with E-state index < -0.39 is 8.56 Å². The van der Waals surface area contributed by atoms with E-state index in [1.807, 2.05) is 0 Å². The smallest absolute Gasteiger partial charge is 0.334 e. The van der Waals surface area contributed by atoms with Gasteiger partial charge in [0, 0.05) is 27.3 Å². The van der Waals surface area contributed by atoms with Gasteiger partial charge in [-0.15, -0.1) is 0 Å². The molecule has 0 spiro atoms. The summed E-state index contributed by atoms with van der Waals surface area (Å²) in [5.41, 5.74) is 5.42. The summed E-state index contributed by atoms with van der Waals surface area (Å²) in [6.07, 6.45) is 10.6. The molecule has 0 saturated carbocycles. The molecule has 0 heterocycles. The lowest BCUT2D eigenvalue weighted by Gasteiger charge is -2.22. The molecule has 0 rings (SSSR count). The maximum Gasteiger partial charge on any atom is 0.334 e. The van der Waals surface area contributed by atoms with Crippen LogP contribution in [-0.2, 0) is 8.85 Å². The minimum Gasteiger partial charge on any atom is -0.398 e. The van der Waals surface area contributed by atoms with E-state index in [4.69, 9.17) is 14.6 Å². The van der Waals surface area contributed by atoms with Crippen LogP contribution in [0.5, 0.6) is 0 Å². The molecule has 0 amide bonds. The topological polar surface area (TPSA) is 56.5 Å². The van der Waals surface area contributed by atoms with Crippen molar-refractivity contribution in [1.82, 2.24) is 5.32 Å². The highest BCUT2D eigenvalue weighted by Gasteiger charge is 2.27. The Bertz CT molecular complexity index is 202. The van der Waals surface area contributed by atoms with Crippen LogP contribution in [0.2, 0.25) is 12.6 Å². The third-order valence-corrected chi connectivity index (χ3v) is 6.91. The molecule has 3 N–H and O–H groups in total. The molecule has 4 nitrogen and oxygen atoms in total. The van der Waals surface area contributed by atoms with Gasteiger partial charge in [0.05, 0.1) is 0 Å². The van der Waals surface area contributed by atoms with Crippen molar-refractivity contribution < 1.29 is 8.85 Å². The van der Waals surface area contributed by atoms with Gasteiger partial charge in [-0.05, 0) is 25.6 Å². The van der Waals surface area contributed by atoms with Gasteiger partial charge in [-0.2, -0.15) is 0 Å². The largest absolute Gasteiger partial charge is 0.398 e. The summed E-state index contributed by atoms with van der Waals surface area (Å²) in [5, 5.41) is 3.33. The highest BCUT2D eigenvalue weighted by molar-refractivity contribution is 6.65. The average Bonchev–Trinajstić information content (AvgIpc) is 2.48. The van der Waals surface area contributed by atoms with Crippen molar-refractivity contribution in [2.45, 2.75) is 64.0 Å². The molecule has 0 aromatic rings. The summed E-state index contributed by atoms with van der Waals surface area (Å²) in [4.78, 5) is 0. The lowest BCUT2D eigenvalue weighted by Crippen LogP contribution is -2.35. The van der Waals surface area contributed by atoms with Crippen LogP contribution in [0.4, 0.5) is 0 Å². The maximum absolute atomic E-state index is 5.49. The Morgan fingerprint density at radius 3 is 1.80 bits per heavy atom. The third kappa shape index (κ3) is 11.8. The van der Waals surface area contributed by atoms with E-state index >= 15 is 0 Å². The normalized spacial score (nSPS) is 12.0. The first-order valence-electron chi connectivity index (χ1n) is 8.19. The number of nitrogens with two attached hydrogens (primary N) is 1. The van der Waals surface area contributed by atoms with Crippen LogP contribution >= 0.6 is 0 Å². The van der Waals surface area contributed by atoms with Gasteiger partial charge >= 0.3 is 8.56 Å². The van der Waals surface area contributed by atoms with E-state index in [2.05, 4.69) is 11.9 Å². The van der Waals surface area contributed by atoms with Crippen LogP contribution < -0.4 is 11.1 Å². The van der Waals surface area contributed by atoms with E-state index in [1.54, 1.807) is 14.2 Å². The molecule has 0 saturated heterocycles. The van der Waals surface area contributed by atoms with Gasteiger partial charge in [0.1, 0.15) is 0 Å².